The second kappa shape index (κ2) is 9.08. The van der Waals surface area contributed by atoms with Crippen molar-refractivity contribution in [2.45, 2.75) is 64.7 Å². The van der Waals surface area contributed by atoms with Crippen LogP contribution in [-0.4, -0.2) is 17.8 Å². The molecule has 2 N–H and O–H groups in total. The third-order valence-corrected chi connectivity index (χ3v) is 7.35. The largest absolute Gasteiger partial charge is 0.504 e. The molecule has 0 bridgehead atoms. The highest BCUT2D eigenvalue weighted by Crippen LogP contribution is 2.51. The Kier molecular flexibility index (Phi) is 7.31. The first-order chi connectivity index (χ1) is 12.8. The number of aromatic hydroxyl groups is 1. The lowest BCUT2D eigenvalue weighted by Gasteiger charge is -2.34. The van der Waals surface area contributed by atoms with Gasteiger partial charge in [-0.15, -0.1) is 0 Å². The minimum Gasteiger partial charge on any atom is -0.504 e. The van der Waals surface area contributed by atoms with Crippen molar-refractivity contribution < 1.29 is 9.84 Å². The predicted octanol–water partition coefficient (Wildman–Crippen LogP) is 5.31. The Hall–Kier alpha value is -1.57. The van der Waals surface area contributed by atoms with Crippen LogP contribution in [0.3, 0.4) is 0 Å². The van der Waals surface area contributed by atoms with E-state index in [2.05, 4.69) is 64.2 Å². The van der Waals surface area contributed by atoms with Crippen molar-refractivity contribution in [3.63, 3.8) is 0 Å². The molecule has 0 amide bonds. The van der Waals surface area contributed by atoms with Gasteiger partial charge in [-0.2, -0.15) is 0 Å². The van der Waals surface area contributed by atoms with Crippen LogP contribution >= 0.6 is 8.58 Å². The van der Waals surface area contributed by atoms with Crippen LogP contribution in [0.4, 0.5) is 0 Å². The summed E-state index contributed by atoms with van der Waals surface area (Å²) in [6, 6.07) is 14.5. The molecule has 0 fully saturated rings. The number of phenols is 1. The van der Waals surface area contributed by atoms with Crippen LogP contribution in [-0.2, 0) is 11.7 Å². The van der Waals surface area contributed by atoms with Gasteiger partial charge in [-0.25, -0.2) is 0 Å². The summed E-state index contributed by atoms with van der Waals surface area (Å²) in [6.45, 7) is 11.8. The van der Waals surface area contributed by atoms with E-state index >= 15 is 0 Å². The second-order valence-electron chi connectivity index (χ2n) is 8.03. The van der Waals surface area contributed by atoms with E-state index in [4.69, 9.17) is 4.74 Å². The fourth-order valence-electron chi connectivity index (χ4n) is 3.36. The van der Waals surface area contributed by atoms with Crippen molar-refractivity contribution in [3.8, 4) is 11.5 Å². The van der Waals surface area contributed by atoms with Crippen molar-refractivity contribution >= 4 is 13.9 Å². The first-order valence-electron chi connectivity index (χ1n) is 9.74. The monoisotopic (exact) mass is 387 g/mol. The van der Waals surface area contributed by atoms with Gasteiger partial charge >= 0.3 is 0 Å². The Morgan fingerprint density at radius 3 is 2.26 bits per heavy atom. The highest BCUT2D eigenvalue weighted by atomic mass is 31.1. The van der Waals surface area contributed by atoms with Crippen molar-refractivity contribution in [2.24, 2.45) is 0 Å². The lowest BCUT2D eigenvalue weighted by molar-refractivity contribution is 0.365. The highest BCUT2D eigenvalue weighted by molar-refractivity contribution is 7.48. The molecule has 0 saturated heterocycles. The number of para-hydroxylation sites is 1. The zero-order chi connectivity index (χ0) is 20.1. The van der Waals surface area contributed by atoms with Crippen LogP contribution < -0.4 is 15.4 Å². The average molecular weight is 388 g/mol. The number of ether oxygens (including phenoxy) is 1. The third-order valence-electron chi connectivity index (χ3n) is 5.14. The molecule has 2 aromatic carbocycles. The summed E-state index contributed by atoms with van der Waals surface area (Å²) in [5, 5.41) is 15.7. The van der Waals surface area contributed by atoms with Gasteiger partial charge in [0.05, 0.1) is 7.11 Å². The molecule has 0 spiro atoms. The summed E-state index contributed by atoms with van der Waals surface area (Å²) < 4.78 is 5.36. The molecule has 0 aliphatic carbocycles. The molecule has 148 valence electrons. The first kappa shape index (κ1) is 21.7. The van der Waals surface area contributed by atoms with E-state index < -0.39 is 0 Å². The molecule has 0 aliphatic heterocycles. The zero-order valence-electron chi connectivity index (χ0n) is 17.5. The van der Waals surface area contributed by atoms with E-state index in [0.717, 1.165) is 24.9 Å². The molecule has 4 heteroatoms. The number of phenolic OH excluding ortho intramolecular Hbond substituents is 1. The summed E-state index contributed by atoms with van der Waals surface area (Å²) in [5.41, 5.74) is 2.40. The fourth-order valence-corrected chi connectivity index (χ4v) is 5.08. The predicted molar refractivity (Wildman–Crippen MR) is 118 cm³/mol. The van der Waals surface area contributed by atoms with Crippen LogP contribution in [0.5, 0.6) is 11.5 Å². The molecule has 2 rings (SSSR count). The van der Waals surface area contributed by atoms with Crippen molar-refractivity contribution in [3.05, 3.63) is 53.6 Å². The van der Waals surface area contributed by atoms with Gasteiger partial charge in [0, 0.05) is 22.8 Å². The summed E-state index contributed by atoms with van der Waals surface area (Å²) in [7, 11) is 2.18. The minimum absolute atomic E-state index is 0.0773. The molecule has 2 aromatic rings. The molecule has 0 heterocycles. The van der Waals surface area contributed by atoms with Crippen molar-refractivity contribution in [1.82, 2.24) is 5.32 Å². The maximum Gasteiger partial charge on any atom is 0.161 e. The van der Waals surface area contributed by atoms with Crippen LogP contribution in [0.25, 0.3) is 0 Å². The number of nitrogens with one attached hydrogen (secondary N) is 1. The van der Waals surface area contributed by atoms with Crippen LogP contribution in [0, 0.1) is 0 Å². The number of hydrogen-bond acceptors (Lipinski definition) is 3. The summed E-state index contributed by atoms with van der Waals surface area (Å²) in [4.78, 5) is 0. The molecule has 1 atom stereocenters. The fraction of sp³-hybridized carbons (Fsp3) is 0.478. The van der Waals surface area contributed by atoms with Crippen molar-refractivity contribution in [1.29, 1.82) is 0 Å². The summed E-state index contributed by atoms with van der Waals surface area (Å²) >= 11 is 0. The zero-order valence-corrected chi connectivity index (χ0v) is 18.5. The number of hydrogen-bond donors (Lipinski definition) is 2. The van der Waals surface area contributed by atoms with E-state index in [1.807, 2.05) is 18.2 Å². The van der Waals surface area contributed by atoms with Gasteiger partial charge in [0.15, 0.2) is 11.5 Å². The number of rotatable bonds is 8. The van der Waals surface area contributed by atoms with E-state index in [1.54, 1.807) is 7.11 Å². The van der Waals surface area contributed by atoms with E-state index in [0.29, 0.717) is 14.3 Å². The van der Waals surface area contributed by atoms with Crippen LogP contribution in [0.15, 0.2) is 42.5 Å². The second-order valence-corrected chi connectivity index (χ2v) is 9.78. The Balaban J connectivity index is 2.43. The lowest BCUT2D eigenvalue weighted by atomic mass is 9.91. The lowest BCUT2D eigenvalue weighted by Crippen LogP contribution is -2.36. The standard InChI is InChI=1S/C23H34NO2P/c1-7-23(8-2,18-13-11-14-19(26-6)21(18)25)27-20-15-10-9-12-17(20)16-24-22(3,4)5/h9-15,24-25,27H,7-8,16H2,1-6H3. The molecule has 0 saturated carbocycles. The summed E-state index contributed by atoms with van der Waals surface area (Å²) in [6.07, 6.45) is 1.92. The van der Waals surface area contributed by atoms with Gasteiger partial charge in [0.1, 0.15) is 0 Å². The van der Waals surface area contributed by atoms with Gasteiger partial charge in [0.2, 0.25) is 0 Å². The van der Waals surface area contributed by atoms with Crippen LogP contribution in [0.1, 0.15) is 58.6 Å². The number of methoxy groups -OCH3 is 1. The molecule has 3 nitrogen and oxygen atoms in total. The minimum atomic E-state index is -0.101. The smallest absolute Gasteiger partial charge is 0.161 e. The molecule has 0 aromatic heterocycles. The maximum atomic E-state index is 10.8. The van der Waals surface area contributed by atoms with Gasteiger partial charge in [0.25, 0.3) is 0 Å². The first-order valence-corrected chi connectivity index (χ1v) is 10.7. The van der Waals surface area contributed by atoms with Gasteiger partial charge in [-0.1, -0.05) is 58.8 Å². The number of benzene rings is 2. The van der Waals surface area contributed by atoms with Gasteiger partial charge < -0.3 is 15.2 Å². The average Bonchev–Trinajstić information content (AvgIpc) is 2.65. The topological polar surface area (TPSA) is 41.5 Å². The Morgan fingerprint density at radius 2 is 1.67 bits per heavy atom. The summed E-state index contributed by atoms with van der Waals surface area (Å²) in [5.74, 6) is 0.827. The van der Waals surface area contributed by atoms with E-state index in [1.165, 1.54) is 10.9 Å². The molecule has 1 unspecified atom stereocenters. The normalized spacial score (nSPS) is 12.7. The van der Waals surface area contributed by atoms with E-state index in [9.17, 15) is 5.11 Å². The Bertz CT molecular complexity index is 748. The third kappa shape index (κ3) is 5.24. The van der Waals surface area contributed by atoms with Crippen molar-refractivity contribution in [2.75, 3.05) is 7.11 Å². The quantitative estimate of drug-likeness (QED) is 0.603. The van der Waals surface area contributed by atoms with Gasteiger partial charge in [-0.3, -0.25) is 0 Å². The Morgan fingerprint density at radius 1 is 1.00 bits per heavy atom. The highest BCUT2D eigenvalue weighted by Gasteiger charge is 2.33. The maximum absolute atomic E-state index is 10.8. The molecule has 0 radical (unpaired) electrons. The van der Waals surface area contributed by atoms with Crippen LogP contribution in [0.2, 0.25) is 0 Å². The molecule has 27 heavy (non-hydrogen) atoms. The molecule has 0 aliphatic rings. The van der Waals surface area contributed by atoms with E-state index in [-0.39, 0.29) is 16.4 Å². The Labute approximate surface area is 166 Å². The molecular formula is C23H34NO2P. The molecular weight excluding hydrogens is 353 g/mol. The van der Waals surface area contributed by atoms with Gasteiger partial charge in [-0.05, 0) is 50.5 Å². The SMILES string of the molecule is CCC(CC)(Pc1ccccc1CNC(C)(C)C)c1cccc(OC)c1O.